The number of hydrogen-bond acceptors (Lipinski definition) is 8. The van der Waals surface area contributed by atoms with Crippen LogP contribution in [0.4, 0.5) is 5.82 Å². The predicted molar refractivity (Wildman–Crippen MR) is 122 cm³/mol. The van der Waals surface area contributed by atoms with Gasteiger partial charge in [-0.3, -0.25) is 9.48 Å². The highest BCUT2D eigenvalue weighted by atomic mass is 32.2. The van der Waals surface area contributed by atoms with Gasteiger partial charge in [0, 0.05) is 19.7 Å². The van der Waals surface area contributed by atoms with Gasteiger partial charge in [0.05, 0.1) is 27.4 Å². The van der Waals surface area contributed by atoms with Gasteiger partial charge < -0.3 is 9.88 Å². The summed E-state index contributed by atoms with van der Waals surface area (Å²) in [5, 5.41) is 16.5. The van der Waals surface area contributed by atoms with Gasteiger partial charge in [0.25, 0.3) is 0 Å². The van der Waals surface area contributed by atoms with E-state index in [1.165, 1.54) is 16.5 Å². The maximum absolute atomic E-state index is 12.3. The van der Waals surface area contributed by atoms with Crippen molar-refractivity contribution in [1.29, 1.82) is 0 Å². The minimum absolute atomic E-state index is 0.0981. The molecule has 0 atom stereocenters. The Hall–Kier alpha value is -2.37. The lowest BCUT2D eigenvalue weighted by molar-refractivity contribution is -0.113. The summed E-state index contributed by atoms with van der Waals surface area (Å²) in [5.74, 6) is 2.41. The summed E-state index contributed by atoms with van der Waals surface area (Å²) >= 11 is 4.73. The van der Waals surface area contributed by atoms with Crippen LogP contribution >= 0.6 is 34.9 Å². The van der Waals surface area contributed by atoms with E-state index in [9.17, 15) is 4.79 Å². The lowest BCUT2D eigenvalue weighted by Crippen LogP contribution is -2.17. The average Bonchev–Trinajstić information content (AvgIpc) is 3.40. The van der Waals surface area contributed by atoms with Gasteiger partial charge in [-0.1, -0.05) is 35.7 Å². The first-order valence-corrected chi connectivity index (χ1v) is 12.2. The van der Waals surface area contributed by atoms with Gasteiger partial charge in [0.15, 0.2) is 9.50 Å². The lowest BCUT2D eigenvalue weighted by Gasteiger charge is -2.07. The van der Waals surface area contributed by atoms with E-state index in [2.05, 4.69) is 38.6 Å². The van der Waals surface area contributed by atoms with Gasteiger partial charge in [-0.05, 0) is 26.0 Å². The molecule has 1 aromatic carbocycles. The maximum atomic E-state index is 12.3. The van der Waals surface area contributed by atoms with Crippen LogP contribution in [0.5, 0.6) is 0 Å². The zero-order valence-electron chi connectivity index (χ0n) is 16.8. The smallest absolute Gasteiger partial charge is 0.235 e. The van der Waals surface area contributed by atoms with Crippen molar-refractivity contribution < 1.29 is 4.79 Å². The number of hydrogen-bond donors (Lipinski definition) is 1. The molecule has 0 saturated heterocycles. The summed E-state index contributed by atoms with van der Waals surface area (Å²) in [6, 6.07) is 9.97. The highest BCUT2D eigenvalue weighted by Gasteiger charge is 2.15. The molecule has 3 heterocycles. The van der Waals surface area contributed by atoms with Crippen LogP contribution in [-0.2, 0) is 24.1 Å². The first-order chi connectivity index (χ1) is 14.5. The molecule has 0 unspecified atom stereocenters. The molecule has 0 radical (unpaired) electrons. The third kappa shape index (κ3) is 4.68. The van der Waals surface area contributed by atoms with E-state index >= 15 is 0 Å². The second-order valence-corrected chi connectivity index (χ2v) is 9.71. The van der Waals surface area contributed by atoms with Crippen LogP contribution in [0.2, 0.25) is 0 Å². The Bertz CT molecular complexity index is 1150. The number of amides is 1. The SMILES string of the molecule is CCn1c(CSc2nc3ccccc3s2)nnc1SCC(=O)Nc1cc(C)nn1C. The van der Waals surface area contributed by atoms with Crippen molar-refractivity contribution in [3.05, 3.63) is 41.9 Å². The number of thioether (sulfide) groups is 2. The zero-order chi connectivity index (χ0) is 21.1. The van der Waals surface area contributed by atoms with Gasteiger partial charge >= 0.3 is 0 Å². The van der Waals surface area contributed by atoms with E-state index < -0.39 is 0 Å². The van der Waals surface area contributed by atoms with Gasteiger partial charge in [0.2, 0.25) is 5.91 Å². The minimum atomic E-state index is -0.0981. The predicted octanol–water partition coefficient (Wildman–Crippen LogP) is 3.97. The van der Waals surface area contributed by atoms with Crippen LogP contribution in [0, 0.1) is 6.92 Å². The Kier molecular flexibility index (Phi) is 6.40. The van der Waals surface area contributed by atoms with Crippen molar-refractivity contribution in [3.8, 4) is 0 Å². The number of aromatic nitrogens is 6. The van der Waals surface area contributed by atoms with E-state index in [4.69, 9.17) is 0 Å². The summed E-state index contributed by atoms with van der Waals surface area (Å²) in [7, 11) is 1.80. The van der Waals surface area contributed by atoms with E-state index in [0.29, 0.717) is 11.6 Å². The van der Waals surface area contributed by atoms with E-state index in [1.807, 2.05) is 35.8 Å². The molecule has 0 aliphatic carbocycles. The molecule has 0 bridgehead atoms. The fraction of sp³-hybridized carbons (Fsp3) is 0.316. The topological polar surface area (TPSA) is 90.5 Å². The Balaban J connectivity index is 1.36. The number of anilines is 1. The lowest BCUT2D eigenvalue weighted by atomic mass is 10.3. The second-order valence-electron chi connectivity index (χ2n) is 6.51. The fourth-order valence-corrected chi connectivity index (χ4v) is 5.76. The molecule has 1 N–H and O–H groups in total. The van der Waals surface area contributed by atoms with Crippen molar-refractivity contribution in [3.63, 3.8) is 0 Å². The first-order valence-electron chi connectivity index (χ1n) is 9.37. The number of fused-ring (bicyclic) bond motifs is 1. The Morgan fingerprint density at radius 3 is 2.80 bits per heavy atom. The maximum Gasteiger partial charge on any atom is 0.235 e. The molecule has 156 valence electrons. The van der Waals surface area contributed by atoms with E-state index in [-0.39, 0.29) is 11.7 Å². The molecule has 0 fully saturated rings. The molecule has 0 aliphatic heterocycles. The number of benzene rings is 1. The minimum Gasteiger partial charge on any atom is -0.310 e. The average molecular weight is 460 g/mol. The molecular weight excluding hydrogens is 438 g/mol. The van der Waals surface area contributed by atoms with Crippen LogP contribution < -0.4 is 5.32 Å². The number of para-hydroxylation sites is 1. The molecule has 4 aromatic rings. The number of nitrogens with one attached hydrogen (secondary N) is 1. The molecule has 4 rings (SSSR count). The number of carbonyl (C=O) groups excluding carboxylic acids is 1. The van der Waals surface area contributed by atoms with Gasteiger partial charge in [-0.25, -0.2) is 4.98 Å². The van der Waals surface area contributed by atoms with Crippen molar-refractivity contribution >= 4 is 56.8 Å². The molecule has 0 saturated carbocycles. The van der Waals surface area contributed by atoms with Crippen LogP contribution in [0.25, 0.3) is 10.2 Å². The summed E-state index contributed by atoms with van der Waals surface area (Å²) in [5.41, 5.74) is 1.88. The van der Waals surface area contributed by atoms with Crippen molar-refractivity contribution in [2.75, 3.05) is 11.1 Å². The number of carbonyl (C=O) groups is 1. The molecule has 1 amide bonds. The third-order valence-corrected chi connectivity index (χ3v) is 7.45. The number of aryl methyl sites for hydroxylation is 2. The number of thiazole rings is 1. The zero-order valence-corrected chi connectivity index (χ0v) is 19.3. The summed E-state index contributed by atoms with van der Waals surface area (Å²) in [4.78, 5) is 17.0. The Morgan fingerprint density at radius 1 is 1.23 bits per heavy atom. The van der Waals surface area contributed by atoms with Gasteiger partial charge in [-0.2, -0.15) is 5.10 Å². The van der Waals surface area contributed by atoms with Crippen LogP contribution in [-0.4, -0.2) is 41.2 Å². The normalized spacial score (nSPS) is 11.3. The molecule has 3 aromatic heterocycles. The number of rotatable bonds is 8. The fourth-order valence-electron chi connectivity index (χ4n) is 2.93. The highest BCUT2D eigenvalue weighted by molar-refractivity contribution is 8.00. The quantitative estimate of drug-likeness (QED) is 0.399. The van der Waals surface area contributed by atoms with Gasteiger partial charge in [0.1, 0.15) is 11.6 Å². The largest absolute Gasteiger partial charge is 0.310 e. The van der Waals surface area contributed by atoms with Gasteiger partial charge in [-0.15, -0.1) is 21.5 Å². The van der Waals surface area contributed by atoms with Crippen LogP contribution in [0.15, 0.2) is 39.8 Å². The summed E-state index contributed by atoms with van der Waals surface area (Å²) < 4.78 is 5.90. The molecule has 0 spiro atoms. The Labute approximate surface area is 186 Å². The summed E-state index contributed by atoms with van der Waals surface area (Å²) in [6.45, 7) is 4.69. The Morgan fingerprint density at radius 2 is 2.07 bits per heavy atom. The van der Waals surface area contributed by atoms with Crippen LogP contribution in [0.3, 0.4) is 0 Å². The van der Waals surface area contributed by atoms with Crippen molar-refractivity contribution in [1.82, 2.24) is 29.5 Å². The second kappa shape index (κ2) is 9.19. The van der Waals surface area contributed by atoms with Crippen LogP contribution in [0.1, 0.15) is 18.4 Å². The van der Waals surface area contributed by atoms with E-state index in [0.717, 1.165) is 33.1 Å². The summed E-state index contributed by atoms with van der Waals surface area (Å²) in [6.07, 6.45) is 0. The number of nitrogens with zero attached hydrogens (tertiary/aromatic N) is 6. The molecule has 0 aliphatic rings. The van der Waals surface area contributed by atoms with Crippen molar-refractivity contribution in [2.24, 2.45) is 7.05 Å². The van der Waals surface area contributed by atoms with E-state index in [1.54, 1.807) is 34.8 Å². The highest BCUT2D eigenvalue weighted by Crippen LogP contribution is 2.31. The molecule has 8 nitrogen and oxygen atoms in total. The molecule has 30 heavy (non-hydrogen) atoms. The monoisotopic (exact) mass is 459 g/mol. The first kappa shape index (κ1) is 20.9. The standard InChI is InChI=1S/C19H21N7OS3/c1-4-26-16(10-29-19-20-13-7-5-6-8-14(13)30-19)22-23-18(26)28-11-17(27)21-15-9-12(2)24-25(15)3/h5-9H,4,10-11H2,1-3H3,(H,21,27). The molecule has 11 heteroatoms. The third-order valence-electron chi connectivity index (χ3n) is 4.31. The van der Waals surface area contributed by atoms with Crippen molar-refractivity contribution in [2.45, 2.75) is 35.6 Å². The molecular formula is C19H21N7OS3.